The first kappa shape index (κ1) is 11.5. The monoisotopic (exact) mass is 245 g/mol. The summed E-state index contributed by atoms with van der Waals surface area (Å²) in [6.45, 7) is 5.79. The second-order valence-corrected chi connectivity index (χ2v) is 5.19. The van der Waals surface area contributed by atoms with Crippen molar-refractivity contribution in [3.63, 3.8) is 0 Å². The number of aromatic nitrogens is 2. The Hall–Kier alpha value is -1.55. The molecule has 2 aromatic rings. The third-order valence-electron chi connectivity index (χ3n) is 3.87. The number of pyridine rings is 1. The molecular formula is C14H19N3O. The van der Waals surface area contributed by atoms with E-state index in [0.29, 0.717) is 0 Å². The minimum Gasteiger partial charge on any atom is -0.343 e. The molecule has 0 amide bonds. The quantitative estimate of drug-likeness (QED) is 0.890. The van der Waals surface area contributed by atoms with E-state index >= 15 is 0 Å². The number of hydrogen-bond acceptors (Lipinski definition) is 2. The van der Waals surface area contributed by atoms with Gasteiger partial charge in [0.25, 0.3) is 0 Å². The SMILES string of the molecule is CCN1CCC(Cc2cn3ccc(=O)cc3[nH]2)C1. The first-order valence-corrected chi connectivity index (χ1v) is 6.67. The molecule has 0 radical (unpaired) electrons. The highest BCUT2D eigenvalue weighted by molar-refractivity contribution is 5.39. The maximum atomic E-state index is 11.3. The topological polar surface area (TPSA) is 40.5 Å². The lowest BCUT2D eigenvalue weighted by Crippen LogP contribution is -2.20. The smallest absolute Gasteiger partial charge is 0.183 e. The molecule has 3 rings (SSSR count). The molecule has 0 spiro atoms. The van der Waals surface area contributed by atoms with Crippen LogP contribution in [-0.2, 0) is 6.42 Å². The molecule has 4 heteroatoms. The van der Waals surface area contributed by atoms with Gasteiger partial charge in [-0.25, -0.2) is 0 Å². The predicted molar refractivity (Wildman–Crippen MR) is 71.9 cm³/mol. The molecule has 1 N–H and O–H groups in total. The van der Waals surface area contributed by atoms with Gasteiger partial charge in [0.2, 0.25) is 0 Å². The molecule has 3 heterocycles. The zero-order chi connectivity index (χ0) is 12.5. The van der Waals surface area contributed by atoms with Gasteiger partial charge in [-0.15, -0.1) is 0 Å². The van der Waals surface area contributed by atoms with Gasteiger partial charge in [0.1, 0.15) is 5.65 Å². The highest BCUT2D eigenvalue weighted by Gasteiger charge is 2.21. The molecule has 1 aliphatic rings. The van der Waals surface area contributed by atoms with E-state index in [4.69, 9.17) is 0 Å². The molecule has 2 aromatic heterocycles. The Labute approximate surface area is 106 Å². The number of fused-ring (bicyclic) bond motifs is 1. The first-order chi connectivity index (χ1) is 8.74. The van der Waals surface area contributed by atoms with Crippen molar-refractivity contribution in [1.82, 2.24) is 14.3 Å². The lowest BCUT2D eigenvalue weighted by Gasteiger charge is -2.12. The molecule has 96 valence electrons. The van der Waals surface area contributed by atoms with Crippen molar-refractivity contribution >= 4 is 5.65 Å². The number of likely N-dealkylation sites (tertiary alicyclic amines) is 1. The maximum Gasteiger partial charge on any atom is 0.183 e. The number of imidazole rings is 1. The van der Waals surface area contributed by atoms with Crippen LogP contribution in [0.2, 0.25) is 0 Å². The zero-order valence-corrected chi connectivity index (χ0v) is 10.7. The Morgan fingerprint density at radius 1 is 1.50 bits per heavy atom. The van der Waals surface area contributed by atoms with Crippen LogP contribution in [-0.4, -0.2) is 33.9 Å². The van der Waals surface area contributed by atoms with Crippen molar-refractivity contribution in [2.24, 2.45) is 5.92 Å². The Morgan fingerprint density at radius 2 is 2.39 bits per heavy atom. The number of rotatable bonds is 3. The summed E-state index contributed by atoms with van der Waals surface area (Å²) in [5.74, 6) is 0.741. The van der Waals surface area contributed by atoms with E-state index in [0.717, 1.165) is 24.5 Å². The van der Waals surface area contributed by atoms with Crippen LogP contribution >= 0.6 is 0 Å². The molecule has 0 aromatic carbocycles. The molecular weight excluding hydrogens is 226 g/mol. The van der Waals surface area contributed by atoms with E-state index in [9.17, 15) is 4.79 Å². The van der Waals surface area contributed by atoms with Gasteiger partial charge >= 0.3 is 0 Å². The Bertz CT molecular complexity index is 598. The van der Waals surface area contributed by atoms with Crippen LogP contribution < -0.4 is 5.43 Å². The van der Waals surface area contributed by atoms with Crippen LogP contribution in [0.3, 0.4) is 0 Å². The maximum absolute atomic E-state index is 11.3. The van der Waals surface area contributed by atoms with E-state index < -0.39 is 0 Å². The van der Waals surface area contributed by atoms with Gasteiger partial charge in [0, 0.05) is 36.8 Å². The third kappa shape index (κ3) is 2.20. The van der Waals surface area contributed by atoms with Crippen molar-refractivity contribution in [2.45, 2.75) is 19.8 Å². The highest BCUT2D eigenvalue weighted by atomic mass is 16.1. The van der Waals surface area contributed by atoms with Gasteiger partial charge in [0.15, 0.2) is 5.43 Å². The molecule has 0 bridgehead atoms. The fourth-order valence-corrected chi connectivity index (χ4v) is 2.85. The average molecular weight is 245 g/mol. The molecule has 1 unspecified atom stereocenters. The predicted octanol–water partition coefficient (Wildman–Crippen LogP) is 1.51. The largest absolute Gasteiger partial charge is 0.343 e. The average Bonchev–Trinajstić information content (AvgIpc) is 2.95. The van der Waals surface area contributed by atoms with Gasteiger partial charge in [-0.2, -0.15) is 0 Å². The van der Waals surface area contributed by atoms with Gasteiger partial charge in [-0.05, 0) is 31.8 Å². The number of hydrogen-bond donors (Lipinski definition) is 1. The van der Waals surface area contributed by atoms with Crippen molar-refractivity contribution in [3.05, 3.63) is 40.4 Å². The zero-order valence-electron chi connectivity index (χ0n) is 10.7. The summed E-state index contributed by atoms with van der Waals surface area (Å²) in [6.07, 6.45) is 6.28. The van der Waals surface area contributed by atoms with E-state index in [2.05, 4.69) is 23.0 Å². The molecule has 1 aliphatic heterocycles. The summed E-state index contributed by atoms with van der Waals surface area (Å²) in [4.78, 5) is 17.1. The standard InChI is InChI=1S/C14H19N3O/c1-2-16-5-3-11(9-16)7-12-10-17-6-4-13(18)8-14(17)15-12/h4,6,8,10-11,15H,2-3,5,7,9H2,1H3. The fourth-order valence-electron chi connectivity index (χ4n) is 2.85. The first-order valence-electron chi connectivity index (χ1n) is 6.67. The molecule has 18 heavy (non-hydrogen) atoms. The Morgan fingerprint density at radius 3 is 3.17 bits per heavy atom. The molecule has 1 fully saturated rings. The Balaban J connectivity index is 1.77. The molecule has 1 atom stereocenters. The van der Waals surface area contributed by atoms with Gasteiger partial charge in [-0.3, -0.25) is 4.79 Å². The van der Waals surface area contributed by atoms with E-state index in [1.54, 1.807) is 12.1 Å². The van der Waals surface area contributed by atoms with Crippen molar-refractivity contribution < 1.29 is 0 Å². The van der Waals surface area contributed by atoms with E-state index in [1.165, 1.54) is 25.2 Å². The minimum atomic E-state index is 0.0569. The number of H-pyrrole nitrogens is 1. The van der Waals surface area contributed by atoms with Crippen LogP contribution in [0, 0.1) is 5.92 Å². The summed E-state index contributed by atoms with van der Waals surface area (Å²) >= 11 is 0. The summed E-state index contributed by atoms with van der Waals surface area (Å²) in [5, 5.41) is 0. The lowest BCUT2D eigenvalue weighted by atomic mass is 10.0. The van der Waals surface area contributed by atoms with Gasteiger partial charge < -0.3 is 14.3 Å². The molecule has 1 saturated heterocycles. The van der Waals surface area contributed by atoms with Crippen LogP contribution in [0.1, 0.15) is 19.0 Å². The summed E-state index contributed by atoms with van der Waals surface area (Å²) in [7, 11) is 0. The normalized spacial score (nSPS) is 20.8. The number of aromatic amines is 1. The molecule has 0 saturated carbocycles. The van der Waals surface area contributed by atoms with E-state index in [1.807, 2.05) is 10.6 Å². The van der Waals surface area contributed by atoms with Crippen molar-refractivity contribution in [3.8, 4) is 0 Å². The van der Waals surface area contributed by atoms with Crippen molar-refractivity contribution in [2.75, 3.05) is 19.6 Å². The Kier molecular flexibility index (Phi) is 2.96. The number of nitrogens with one attached hydrogen (secondary N) is 1. The fraction of sp³-hybridized carbons (Fsp3) is 0.500. The minimum absolute atomic E-state index is 0.0569. The summed E-state index contributed by atoms with van der Waals surface area (Å²) in [6, 6.07) is 3.25. The summed E-state index contributed by atoms with van der Waals surface area (Å²) < 4.78 is 1.99. The van der Waals surface area contributed by atoms with Gasteiger partial charge in [-0.1, -0.05) is 6.92 Å². The van der Waals surface area contributed by atoms with Crippen LogP contribution in [0.25, 0.3) is 5.65 Å². The van der Waals surface area contributed by atoms with Gasteiger partial charge in [0.05, 0.1) is 0 Å². The highest BCUT2D eigenvalue weighted by Crippen LogP contribution is 2.20. The van der Waals surface area contributed by atoms with E-state index in [-0.39, 0.29) is 5.43 Å². The second-order valence-electron chi connectivity index (χ2n) is 5.19. The summed E-state index contributed by atoms with van der Waals surface area (Å²) in [5.41, 5.74) is 2.17. The molecule has 0 aliphatic carbocycles. The molecule has 4 nitrogen and oxygen atoms in total. The van der Waals surface area contributed by atoms with Crippen LogP contribution in [0.4, 0.5) is 0 Å². The third-order valence-corrected chi connectivity index (χ3v) is 3.87. The van der Waals surface area contributed by atoms with Crippen LogP contribution in [0.15, 0.2) is 29.3 Å². The van der Waals surface area contributed by atoms with Crippen molar-refractivity contribution in [1.29, 1.82) is 0 Å². The lowest BCUT2D eigenvalue weighted by molar-refractivity contribution is 0.341. The second kappa shape index (κ2) is 4.61. The van der Waals surface area contributed by atoms with Crippen LogP contribution in [0.5, 0.6) is 0 Å². The number of nitrogens with zero attached hydrogens (tertiary/aromatic N) is 2.